The van der Waals surface area contributed by atoms with Crippen molar-refractivity contribution < 1.29 is 14.6 Å². The van der Waals surface area contributed by atoms with Gasteiger partial charge in [-0.25, -0.2) is 4.98 Å². The maximum Gasteiger partial charge on any atom is 0.258 e. The van der Waals surface area contributed by atoms with Gasteiger partial charge in [0.1, 0.15) is 5.56 Å². The quantitative estimate of drug-likeness (QED) is 0.801. The van der Waals surface area contributed by atoms with Crippen LogP contribution in [-0.4, -0.2) is 38.7 Å². The average Bonchev–Trinajstić information content (AvgIpc) is 2.48. The summed E-state index contributed by atoms with van der Waals surface area (Å²) in [6.45, 7) is 3.74. The molecule has 1 heterocycles. The number of halogens is 1. The van der Waals surface area contributed by atoms with E-state index in [9.17, 15) is 9.90 Å². The van der Waals surface area contributed by atoms with Gasteiger partial charge in [-0.05, 0) is 75.3 Å². The third kappa shape index (κ3) is 3.22. The molecule has 4 aliphatic carbocycles. The molecule has 2 N–H and O–H groups in total. The predicted molar refractivity (Wildman–Crippen MR) is 92.6 cm³/mol. The van der Waals surface area contributed by atoms with Crippen molar-refractivity contribution in [2.24, 2.45) is 17.8 Å². The molecule has 0 radical (unpaired) electrons. The van der Waals surface area contributed by atoms with Gasteiger partial charge in [-0.1, -0.05) is 0 Å². The number of carbonyl (C=O) groups excluding carboxylic acids is 1. The van der Waals surface area contributed by atoms with E-state index in [4.69, 9.17) is 16.3 Å². The molecule has 25 heavy (non-hydrogen) atoms. The van der Waals surface area contributed by atoms with Crippen LogP contribution >= 0.6 is 11.6 Å². The van der Waals surface area contributed by atoms with Crippen LogP contribution in [0.1, 0.15) is 56.3 Å². The molecular weight excluding hydrogens is 342 g/mol. The minimum Gasteiger partial charge on any atom is -0.474 e. The van der Waals surface area contributed by atoms with Crippen molar-refractivity contribution in [2.45, 2.75) is 63.7 Å². The molecule has 5 rings (SSSR count). The molecule has 2 atom stereocenters. The molecule has 1 aromatic heterocycles. The lowest BCUT2D eigenvalue weighted by atomic mass is 9.52. The Hall–Kier alpha value is -1.40. The zero-order valence-electron chi connectivity index (χ0n) is 14.5. The van der Waals surface area contributed by atoms with Crippen molar-refractivity contribution in [3.05, 3.63) is 17.0 Å². The van der Waals surface area contributed by atoms with E-state index in [1.165, 1.54) is 6.20 Å². The summed E-state index contributed by atoms with van der Waals surface area (Å²) in [5.74, 6) is 1.30. The van der Waals surface area contributed by atoms with Crippen molar-refractivity contribution in [1.82, 2.24) is 15.3 Å². The number of amides is 1. The van der Waals surface area contributed by atoms with Crippen molar-refractivity contribution >= 4 is 17.5 Å². The summed E-state index contributed by atoms with van der Waals surface area (Å²) in [4.78, 5) is 20.9. The molecule has 6 nitrogen and oxygen atoms in total. The molecule has 0 aliphatic heterocycles. The number of ether oxygens (including phenoxy) is 1. The molecule has 4 bridgehead atoms. The molecule has 136 valence electrons. The van der Waals surface area contributed by atoms with Gasteiger partial charge in [-0.3, -0.25) is 4.79 Å². The largest absolute Gasteiger partial charge is 0.474 e. The minimum absolute atomic E-state index is 0.0593. The fourth-order valence-electron chi connectivity index (χ4n) is 5.26. The van der Waals surface area contributed by atoms with Gasteiger partial charge in [0.2, 0.25) is 11.2 Å². The summed E-state index contributed by atoms with van der Waals surface area (Å²) in [7, 11) is 0. The van der Waals surface area contributed by atoms with E-state index in [1.807, 2.05) is 13.8 Å². The number of hydrogen-bond acceptors (Lipinski definition) is 5. The molecule has 7 heteroatoms. The van der Waals surface area contributed by atoms with Gasteiger partial charge in [-0.2, -0.15) is 4.98 Å². The molecule has 4 saturated carbocycles. The molecule has 4 fully saturated rings. The second kappa shape index (κ2) is 6.09. The van der Waals surface area contributed by atoms with Gasteiger partial charge in [0.05, 0.1) is 11.7 Å². The number of rotatable bonds is 4. The highest BCUT2D eigenvalue weighted by atomic mass is 35.5. The lowest BCUT2D eigenvalue weighted by Gasteiger charge is -2.58. The normalized spacial score (nSPS) is 35.9. The lowest BCUT2D eigenvalue weighted by molar-refractivity contribution is -0.136. The molecule has 0 saturated heterocycles. The highest BCUT2D eigenvalue weighted by molar-refractivity contribution is 6.28. The van der Waals surface area contributed by atoms with E-state index in [1.54, 1.807) is 0 Å². The summed E-state index contributed by atoms with van der Waals surface area (Å²) >= 11 is 5.85. The van der Waals surface area contributed by atoms with E-state index in [2.05, 4.69) is 15.3 Å². The highest BCUT2D eigenvalue weighted by Crippen LogP contribution is 2.55. The number of aliphatic hydroxyl groups is 1. The van der Waals surface area contributed by atoms with Crippen LogP contribution in [0.2, 0.25) is 5.28 Å². The summed E-state index contributed by atoms with van der Waals surface area (Å²) in [5.41, 5.74) is -0.196. The number of nitrogens with zero attached hydrogens (tertiary/aromatic N) is 2. The van der Waals surface area contributed by atoms with Crippen molar-refractivity contribution in [2.75, 3.05) is 0 Å². The zero-order valence-corrected chi connectivity index (χ0v) is 15.3. The van der Waals surface area contributed by atoms with Crippen LogP contribution in [0, 0.1) is 17.8 Å². The van der Waals surface area contributed by atoms with Crippen LogP contribution in [0.15, 0.2) is 6.20 Å². The topological polar surface area (TPSA) is 84.3 Å². The first-order valence-corrected chi connectivity index (χ1v) is 9.43. The van der Waals surface area contributed by atoms with Crippen molar-refractivity contribution in [1.29, 1.82) is 0 Å². The van der Waals surface area contributed by atoms with Gasteiger partial charge >= 0.3 is 0 Å². The summed E-state index contributed by atoms with van der Waals surface area (Å²) in [5, 5.41) is 13.9. The predicted octanol–water partition coefficient (Wildman–Crippen LogP) is 2.59. The van der Waals surface area contributed by atoms with Gasteiger partial charge in [0.25, 0.3) is 5.91 Å². The van der Waals surface area contributed by atoms with Crippen molar-refractivity contribution in [3.8, 4) is 5.88 Å². The summed E-state index contributed by atoms with van der Waals surface area (Å²) < 4.78 is 5.63. The Balaban J connectivity index is 1.53. The molecule has 2 unspecified atom stereocenters. The Morgan fingerprint density at radius 1 is 1.36 bits per heavy atom. The molecule has 1 amide bonds. The standard InChI is InChI=1S/C18H24ClN3O3/c1-9(2)25-16-13(8-20-17(19)22-16)15(23)21-14-11-3-10-4-12(14)7-18(24,5-10)6-11/h8-12,14,24H,3-7H2,1-2H3,(H,21,23). The minimum atomic E-state index is -0.507. The Labute approximate surface area is 152 Å². The van der Waals surface area contributed by atoms with Gasteiger partial charge < -0.3 is 15.2 Å². The monoisotopic (exact) mass is 365 g/mol. The molecule has 0 aromatic carbocycles. The number of carbonyl (C=O) groups is 1. The van der Waals surface area contributed by atoms with Crippen LogP contribution in [0.3, 0.4) is 0 Å². The number of nitrogens with one attached hydrogen (secondary N) is 1. The van der Waals surface area contributed by atoms with E-state index >= 15 is 0 Å². The van der Waals surface area contributed by atoms with Gasteiger partial charge in [0, 0.05) is 12.2 Å². The van der Waals surface area contributed by atoms with Gasteiger partial charge in [-0.15, -0.1) is 0 Å². The fraction of sp³-hybridized carbons (Fsp3) is 0.722. The fourth-order valence-corrected chi connectivity index (χ4v) is 5.39. The zero-order chi connectivity index (χ0) is 17.8. The summed E-state index contributed by atoms with van der Waals surface area (Å²) in [6, 6.07) is 0.104. The maximum absolute atomic E-state index is 12.9. The van der Waals surface area contributed by atoms with Crippen LogP contribution in [0.4, 0.5) is 0 Å². The van der Waals surface area contributed by atoms with E-state index in [-0.39, 0.29) is 29.2 Å². The average molecular weight is 366 g/mol. The third-order valence-corrected chi connectivity index (χ3v) is 6.04. The summed E-state index contributed by atoms with van der Waals surface area (Å²) in [6.07, 6.45) is 6.00. The molecule has 4 aliphatic rings. The maximum atomic E-state index is 12.9. The molecular formula is C18H24ClN3O3. The SMILES string of the molecule is CC(C)Oc1nc(Cl)ncc1C(=O)NC1C2CC3CC1CC(O)(C3)C2. The van der Waals surface area contributed by atoms with Crippen LogP contribution < -0.4 is 10.1 Å². The van der Waals surface area contributed by atoms with Crippen LogP contribution in [-0.2, 0) is 0 Å². The van der Waals surface area contributed by atoms with E-state index < -0.39 is 5.60 Å². The lowest BCUT2D eigenvalue weighted by Crippen LogP contribution is -2.61. The third-order valence-electron chi connectivity index (χ3n) is 5.85. The molecule has 0 spiro atoms. The Morgan fingerprint density at radius 3 is 2.64 bits per heavy atom. The second-order valence-corrected chi connectivity index (χ2v) is 8.56. The highest BCUT2D eigenvalue weighted by Gasteiger charge is 2.55. The Kier molecular flexibility index (Phi) is 4.15. The first-order chi connectivity index (χ1) is 11.8. The number of hydrogen-bond donors (Lipinski definition) is 2. The van der Waals surface area contributed by atoms with E-state index in [0.29, 0.717) is 23.3 Å². The van der Waals surface area contributed by atoms with Crippen LogP contribution in [0.5, 0.6) is 5.88 Å². The first kappa shape index (κ1) is 17.0. The second-order valence-electron chi connectivity index (χ2n) is 8.22. The molecule has 1 aromatic rings. The Bertz CT molecular complexity index is 680. The Morgan fingerprint density at radius 2 is 2.04 bits per heavy atom. The van der Waals surface area contributed by atoms with Gasteiger partial charge in [0.15, 0.2) is 0 Å². The van der Waals surface area contributed by atoms with E-state index in [0.717, 1.165) is 32.1 Å². The van der Waals surface area contributed by atoms with Crippen LogP contribution in [0.25, 0.3) is 0 Å². The van der Waals surface area contributed by atoms with Crippen molar-refractivity contribution in [3.63, 3.8) is 0 Å². The smallest absolute Gasteiger partial charge is 0.258 e. The first-order valence-electron chi connectivity index (χ1n) is 9.05. The number of aromatic nitrogens is 2.